The van der Waals surface area contributed by atoms with Crippen molar-refractivity contribution in [1.29, 1.82) is 0 Å². The lowest BCUT2D eigenvalue weighted by atomic mass is 9.98. The molecular weight excluding hydrogens is 180 g/mol. The van der Waals surface area contributed by atoms with Crippen molar-refractivity contribution in [1.82, 2.24) is 10.2 Å². The molecule has 82 valence electrons. The molecule has 1 aliphatic heterocycles. The van der Waals surface area contributed by atoms with Gasteiger partial charge in [0.1, 0.15) is 6.04 Å². The third-order valence-electron chi connectivity index (χ3n) is 2.44. The Labute approximate surface area is 85.3 Å². The topological polar surface area (TPSA) is 52.6 Å². The van der Waals surface area contributed by atoms with E-state index < -0.39 is 6.04 Å². The van der Waals surface area contributed by atoms with E-state index >= 15 is 0 Å². The lowest BCUT2D eigenvalue weighted by Gasteiger charge is -2.42. The SMILES string of the molecule is CCCN1CC(C)(C)NC(CO)C1=O. The van der Waals surface area contributed by atoms with Crippen LogP contribution in [0.4, 0.5) is 0 Å². The van der Waals surface area contributed by atoms with Crippen LogP contribution >= 0.6 is 0 Å². The van der Waals surface area contributed by atoms with Crippen LogP contribution in [0.3, 0.4) is 0 Å². The number of aliphatic hydroxyl groups excluding tert-OH is 1. The van der Waals surface area contributed by atoms with Crippen LogP contribution in [-0.4, -0.2) is 47.2 Å². The maximum absolute atomic E-state index is 11.7. The molecule has 1 amide bonds. The van der Waals surface area contributed by atoms with Crippen molar-refractivity contribution >= 4 is 5.91 Å². The number of amides is 1. The zero-order chi connectivity index (χ0) is 10.8. The molecule has 1 aliphatic rings. The van der Waals surface area contributed by atoms with Crippen molar-refractivity contribution in [3.63, 3.8) is 0 Å². The van der Waals surface area contributed by atoms with E-state index in [0.717, 1.165) is 19.5 Å². The molecule has 1 unspecified atom stereocenters. The van der Waals surface area contributed by atoms with Crippen molar-refractivity contribution < 1.29 is 9.90 Å². The molecular formula is C10H20N2O2. The minimum atomic E-state index is -0.426. The van der Waals surface area contributed by atoms with Gasteiger partial charge in [-0.1, -0.05) is 6.92 Å². The molecule has 4 nitrogen and oxygen atoms in total. The number of nitrogens with one attached hydrogen (secondary N) is 1. The molecule has 1 rings (SSSR count). The van der Waals surface area contributed by atoms with Crippen molar-refractivity contribution in [2.75, 3.05) is 19.7 Å². The standard InChI is InChI=1S/C10H20N2O2/c1-4-5-12-7-10(2,3)11-8(6-13)9(12)14/h8,11,13H,4-7H2,1-3H3. The molecule has 1 atom stereocenters. The fraction of sp³-hybridized carbons (Fsp3) is 0.900. The second kappa shape index (κ2) is 4.28. The Morgan fingerprint density at radius 2 is 2.29 bits per heavy atom. The molecule has 0 aromatic rings. The number of hydrogen-bond donors (Lipinski definition) is 2. The van der Waals surface area contributed by atoms with Crippen molar-refractivity contribution in [2.24, 2.45) is 0 Å². The summed E-state index contributed by atoms with van der Waals surface area (Å²) in [7, 11) is 0. The summed E-state index contributed by atoms with van der Waals surface area (Å²) in [6, 6.07) is -0.426. The molecule has 0 bridgehead atoms. The Morgan fingerprint density at radius 3 is 2.79 bits per heavy atom. The second-order valence-corrected chi connectivity index (χ2v) is 4.52. The molecule has 0 aromatic heterocycles. The van der Waals surface area contributed by atoms with Crippen LogP contribution in [0, 0.1) is 0 Å². The van der Waals surface area contributed by atoms with E-state index in [0.29, 0.717) is 0 Å². The molecule has 1 fully saturated rings. The van der Waals surface area contributed by atoms with Gasteiger partial charge in [-0.25, -0.2) is 0 Å². The average Bonchev–Trinajstić information content (AvgIpc) is 2.11. The number of piperazine rings is 1. The van der Waals surface area contributed by atoms with Crippen LogP contribution in [-0.2, 0) is 4.79 Å². The molecule has 1 saturated heterocycles. The van der Waals surface area contributed by atoms with Crippen LogP contribution < -0.4 is 5.32 Å². The third-order valence-corrected chi connectivity index (χ3v) is 2.44. The number of nitrogens with zero attached hydrogens (tertiary/aromatic N) is 1. The lowest BCUT2D eigenvalue weighted by Crippen LogP contribution is -2.65. The predicted molar refractivity (Wildman–Crippen MR) is 55.0 cm³/mol. The van der Waals surface area contributed by atoms with Crippen molar-refractivity contribution in [3.05, 3.63) is 0 Å². The second-order valence-electron chi connectivity index (χ2n) is 4.52. The molecule has 1 heterocycles. The molecule has 2 N–H and O–H groups in total. The van der Waals surface area contributed by atoms with Crippen LogP contribution in [0.25, 0.3) is 0 Å². The Kier molecular flexibility index (Phi) is 3.50. The van der Waals surface area contributed by atoms with E-state index in [1.807, 2.05) is 18.7 Å². The molecule has 0 aromatic carbocycles. The monoisotopic (exact) mass is 200 g/mol. The van der Waals surface area contributed by atoms with Gasteiger partial charge in [0.25, 0.3) is 0 Å². The van der Waals surface area contributed by atoms with Crippen LogP contribution in [0.2, 0.25) is 0 Å². The summed E-state index contributed by atoms with van der Waals surface area (Å²) in [6.45, 7) is 7.52. The van der Waals surface area contributed by atoms with Crippen LogP contribution in [0.15, 0.2) is 0 Å². The fourth-order valence-electron chi connectivity index (χ4n) is 1.94. The summed E-state index contributed by atoms with van der Waals surface area (Å²) in [5.74, 6) is 0.0219. The zero-order valence-electron chi connectivity index (χ0n) is 9.21. The first-order valence-corrected chi connectivity index (χ1v) is 5.17. The van der Waals surface area contributed by atoms with Crippen LogP contribution in [0.1, 0.15) is 27.2 Å². The highest BCUT2D eigenvalue weighted by atomic mass is 16.3. The van der Waals surface area contributed by atoms with E-state index in [1.54, 1.807) is 0 Å². The minimum absolute atomic E-state index is 0.0219. The molecule has 0 spiro atoms. The summed E-state index contributed by atoms with van der Waals surface area (Å²) < 4.78 is 0. The van der Waals surface area contributed by atoms with Gasteiger partial charge in [0.05, 0.1) is 6.61 Å². The smallest absolute Gasteiger partial charge is 0.242 e. The quantitative estimate of drug-likeness (QED) is 0.672. The van der Waals surface area contributed by atoms with E-state index in [-0.39, 0.29) is 18.1 Å². The van der Waals surface area contributed by atoms with Gasteiger partial charge in [0.15, 0.2) is 0 Å². The van der Waals surface area contributed by atoms with E-state index in [1.165, 1.54) is 0 Å². The van der Waals surface area contributed by atoms with E-state index in [2.05, 4.69) is 12.2 Å². The highest BCUT2D eigenvalue weighted by Crippen LogP contribution is 2.15. The van der Waals surface area contributed by atoms with E-state index in [4.69, 9.17) is 5.11 Å². The van der Waals surface area contributed by atoms with Gasteiger partial charge in [0, 0.05) is 18.6 Å². The van der Waals surface area contributed by atoms with Crippen molar-refractivity contribution in [2.45, 2.75) is 38.8 Å². The van der Waals surface area contributed by atoms with Gasteiger partial charge in [0.2, 0.25) is 5.91 Å². The Morgan fingerprint density at radius 1 is 1.64 bits per heavy atom. The minimum Gasteiger partial charge on any atom is -0.394 e. The maximum atomic E-state index is 11.7. The Balaban J connectivity index is 2.71. The largest absolute Gasteiger partial charge is 0.394 e. The van der Waals surface area contributed by atoms with Gasteiger partial charge < -0.3 is 10.0 Å². The highest BCUT2D eigenvalue weighted by Gasteiger charge is 2.36. The van der Waals surface area contributed by atoms with Gasteiger partial charge in [-0.05, 0) is 20.3 Å². The molecule has 0 radical (unpaired) electrons. The molecule has 4 heteroatoms. The molecule has 0 saturated carbocycles. The number of carbonyl (C=O) groups excluding carboxylic acids is 1. The average molecular weight is 200 g/mol. The first-order valence-electron chi connectivity index (χ1n) is 5.17. The summed E-state index contributed by atoms with van der Waals surface area (Å²) in [6.07, 6.45) is 0.958. The first kappa shape index (κ1) is 11.5. The summed E-state index contributed by atoms with van der Waals surface area (Å²) >= 11 is 0. The molecule has 14 heavy (non-hydrogen) atoms. The third kappa shape index (κ3) is 2.45. The summed E-state index contributed by atoms with van der Waals surface area (Å²) in [5, 5.41) is 12.2. The van der Waals surface area contributed by atoms with Gasteiger partial charge in [-0.2, -0.15) is 0 Å². The Hall–Kier alpha value is -0.610. The van der Waals surface area contributed by atoms with Gasteiger partial charge in [-0.3, -0.25) is 10.1 Å². The number of carbonyl (C=O) groups is 1. The Bertz CT molecular complexity index is 216. The zero-order valence-corrected chi connectivity index (χ0v) is 9.21. The number of aliphatic hydroxyl groups is 1. The number of hydrogen-bond acceptors (Lipinski definition) is 3. The number of rotatable bonds is 3. The normalized spacial score (nSPS) is 26.7. The van der Waals surface area contributed by atoms with Gasteiger partial charge in [-0.15, -0.1) is 0 Å². The first-order chi connectivity index (χ1) is 6.50. The van der Waals surface area contributed by atoms with E-state index in [9.17, 15) is 4.79 Å². The molecule has 0 aliphatic carbocycles. The van der Waals surface area contributed by atoms with Gasteiger partial charge >= 0.3 is 0 Å². The maximum Gasteiger partial charge on any atom is 0.242 e. The fourth-order valence-corrected chi connectivity index (χ4v) is 1.94. The van der Waals surface area contributed by atoms with Crippen molar-refractivity contribution in [3.8, 4) is 0 Å². The lowest BCUT2D eigenvalue weighted by molar-refractivity contribution is -0.140. The highest BCUT2D eigenvalue weighted by molar-refractivity contribution is 5.83. The summed E-state index contributed by atoms with van der Waals surface area (Å²) in [4.78, 5) is 13.6. The van der Waals surface area contributed by atoms with Crippen LogP contribution in [0.5, 0.6) is 0 Å². The summed E-state index contributed by atoms with van der Waals surface area (Å²) in [5.41, 5.74) is -0.101. The predicted octanol–water partition coefficient (Wildman–Crippen LogP) is -0.0323.